The maximum atomic E-state index is 12.9. The van der Waals surface area contributed by atoms with E-state index in [1.54, 1.807) is 31.4 Å². The molecule has 0 aromatic heterocycles. The Balaban J connectivity index is 0.00000544. The van der Waals surface area contributed by atoms with Gasteiger partial charge >= 0.3 is 5.97 Å². The third-order valence-corrected chi connectivity index (χ3v) is 4.94. The lowest BCUT2D eigenvalue weighted by Gasteiger charge is -2.24. The number of halogens is 1. The minimum Gasteiger partial charge on any atom is -0.491 e. The molecule has 0 fully saturated rings. The quantitative estimate of drug-likeness (QED) is 0.138. The summed E-state index contributed by atoms with van der Waals surface area (Å²) < 4.78 is 16.4. The second-order valence-electron chi connectivity index (χ2n) is 7.59. The lowest BCUT2D eigenvalue weighted by Crippen LogP contribution is -2.24. The number of hydrogen-bond donors (Lipinski definition) is 3. The number of aryl methyl sites for hydroxylation is 1. The summed E-state index contributed by atoms with van der Waals surface area (Å²) in [6.07, 6.45) is 1.43. The van der Waals surface area contributed by atoms with E-state index in [0.29, 0.717) is 42.2 Å². The Labute approximate surface area is 202 Å². The number of carbonyl (C=O) groups excluding carboxylic acids is 1. The van der Waals surface area contributed by atoms with Crippen LogP contribution < -0.4 is 15.8 Å². The molecule has 0 aliphatic rings. The fourth-order valence-electron chi connectivity index (χ4n) is 3.35. The molecule has 2 rings (SSSR count). The van der Waals surface area contributed by atoms with Gasteiger partial charge in [-0.15, -0.1) is 12.4 Å². The molecule has 4 N–H and O–H groups in total. The highest BCUT2D eigenvalue weighted by atomic mass is 35.5. The van der Waals surface area contributed by atoms with Gasteiger partial charge < -0.3 is 25.3 Å². The van der Waals surface area contributed by atoms with Crippen LogP contribution in [0.15, 0.2) is 48.6 Å². The average Bonchev–Trinajstić information content (AvgIpc) is 2.77. The molecule has 0 spiro atoms. The molecule has 0 saturated heterocycles. The Morgan fingerprint density at radius 3 is 2.36 bits per heavy atom. The standard InChI is InChI=1S/C25H33N3O4.ClH/c1-6-17-14-19(13-16(2)3)23(32-12-11-30-4)21(15-17)22(25(29)31-5)28-20-9-7-18(8-10-20)24(26)27;/h7-10,14-15,22,28H,2,6,11-13H2,1,3-5H3,(H3,26,27);1H. The number of anilines is 1. The van der Waals surface area contributed by atoms with Crippen molar-refractivity contribution in [3.63, 3.8) is 0 Å². The van der Waals surface area contributed by atoms with Gasteiger partial charge in [0.25, 0.3) is 0 Å². The Morgan fingerprint density at radius 2 is 1.85 bits per heavy atom. The number of rotatable bonds is 12. The number of nitrogens with two attached hydrogens (primary N) is 1. The second-order valence-corrected chi connectivity index (χ2v) is 7.59. The molecule has 180 valence electrons. The van der Waals surface area contributed by atoms with Crippen LogP contribution in [0.2, 0.25) is 0 Å². The van der Waals surface area contributed by atoms with Crippen molar-refractivity contribution in [2.75, 3.05) is 32.8 Å². The molecule has 33 heavy (non-hydrogen) atoms. The molecule has 7 nitrogen and oxygen atoms in total. The molecule has 0 aliphatic heterocycles. The molecule has 0 radical (unpaired) electrons. The Morgan fingerprint density at radius 1 is 1.18 bits per heavy atom. The van der Waals surface area contributed by atoms with Gasteiger partial charge in [0.2, 0.25) is 0 Å². The van der Waals surface area contributed by atoms with Gasteiger partial charge in [-0.2, -0.15) is 0 Å². The van der Waals surface area contributed by atoms with Crippen LogP contribution in [0.25, 0.3) is 0 Å². The largest absolute Gasteiger partial charge is 0.491 e. The zero-order chi connectivity index (χ0) is 23.7. The monoisotopic (exact) mass is 475 g/mol. The topological polar surface area (TPSA) is 107 Å². The van der Waals surface area contributed by atoms with Crippen LogP contribution in [-0.2, 0) is 27.1 Å². The Hall–Kier alpha value is -3.03. The van der Waals surface area contributed by atoms with Gasteiger partial charge in [0, 0.05) is 23.9 Å². The predicted octanol–water partition coefficient (Wildman–Crippen LogP) is 4.42. The van der Waals surface area contributed by atoms with Crippen molar-refractivity contribution in [2.45, 2.75) is 32.7 Å². The maximum absolute atomic E-state index is 12.9. The van der Waals surface area contributed by atoms with Gasteiger partial charge in [-0.1, -0.05) is 25.1 Å². The summed E-state index contributed by atoms with van der Waals surface area (Å²) in [4.78, 5) is 12.9. The molecule has 8 heteroatoms. The van der Waals surface area contributed by atoms with Gasteiger partial charge in [0.15, 0.2) is 6.04 Å². The van der Waals surface area contributed by atoms with Crippen LogP contribution >= 0.6 is 12.4 Å². The Bertz CT molecular complexity index is 961. The van der Waals surface area contributed by atoms with Crippen molar-refractivity contribution in [1.29, 1.82) is 5.41 Å². The summed E-state index contributed by atoms with van der Waals surface area (Å²) in [5.74, 6) is 0.173. The van der Waals surface area contributed by atoms with Crippen LogP contribution in [0.3, 0.4) is 0 Å². The van der Waals surface area contributed by atoms with Gasteiger partial charge in [-0.25, -0.2) is 4.79 Å². The van der Waals surface area contributed by atoms with E-state index in [9.17, 15) is 4.79 Å². The summed E-state index contributed by atoms with van der Waals surface area (Å²) in [6.45, 7) is 8.84. The first kappa shape index (κ1) is 28.0. The zero-order valence-corrected chi connectivity index (χ0v) is 20.5. The SMILES string of the molecule is C=C(C)Cc1cc(CC)cc(C(Nc2ccc(C(=N)N)cc2)C(=O)OC)c1OCCOC.Cl. The van der Waals surface area contributed by atoms with E-state index < -0.39 is 12.0 Å². The van der Waals surface area contributed by atoms with Crippen LogP contribution in [0.1, 0.15) is 42.1 Å². The number of allylic oxidation sites excluding steroid dienone is 1. The molecule has 1 unspecified atom stereocenters. The van der Waals surface area contributed by atoms with Crippen LogP contribution in [0, 0.1) is 5.41 Å². The minimum atomic E-state index is -0.795. The zero-order valence-electron chi connectivity index (χ0n) is 19.7. The van der Waals surface area contributed by atoms with Gasteiger partial charge in [0.05, 0.1) is 13.7 Å². The molecule has 0 saturated carbocycles. The van der Waals surface area contributed by atoms with Crippen molar-refractivity contribution in [3.8, 4) is 5.75 Å². The van der Waals surface area contributed by atoms with Crippen molar-refractivity contribution >= 4 is 29.9 Å². The normalized spacial score (nSPS) is 11.2. The first-order chi connectivity index (χ1) is 15.3. The summed E-state index contributed by atoms with van der Waals surface area (Å²) in [7, 11) is 2.97. The fraction of sp³-hybridized carbons (Fsp3) is 0.360. The molecule has 0 heterocycles. The lowest BCUT2D eigenvalue weighted by molar-refractivity contribution is -0.141. The van der Waals surface area contributed by atoms with E-state index in [0.717, 1.165) is 23.1 Å². The number of ether oxygens (including phenoxy) is 3. The van der Waals surface area contributed by atoms with Crippen LogP contribution in [0.4, 0.5) is 5.69 Å². The number of amidine groups is 1. The molecule has 2 aromatic carbocycles. The highest BCUT2D eigenvalue weighted by Crippen LogP contribution is 2.35. The number of methoxy groups -OCH3 is 2. The van der Waals surface area contributed by atoms with E-state index in [-0.39, 0.29) is 18.2 Å². The molecule has 2 aromatic rings. The first-order valence-electron chi connectivity index (χ1n) is 10.5. The smallest absolute Gasteiger partial charge is 0.333 e. The number of benzene rings is 2. The summed E-state index contributed by atoms with van der Waals surface area (Å²) in [5, 5.41) is 10.8. The van der Waals surface area contributed by atoms with E-state index >= 15 is 0 Å². The highest BCUT2D eigenvalue weighted by molar-refractivity contribution is 5.95. The van der Waals surface area contributed by atoms with Gasteiger partial charge in [-0.3, -0.25) is 5.41 Å². The molecular weight excluding hydrogens is 442 g/mol. The van der Waals surface area contributed by atoms with E-state index in [2.05, 4.69) is 24.9 Å². The maximum Gasteiger partial charge on any atom is 0.333 e. The minimum absolute atomic E-state index is 0. The molecule has 0 bridgehead atoms. The van der Waals surface area contributed by atoms with E-state index in [4.69, 9.17) is 25.4 Å². The number of esters is 1. The molecule has 0 amide bonds. The molecule has 0 aliphatic carbocycles. The predicted molar refractivity (Wildman–Crippen MR) is 135 cm³/mol. The average molecular weight is 476 g/mol. The van der Waals surface area contributed by atoms with Crippen LogP contribution in [0.5, 0.6) is 5.75 Å². The number of carbonyl (C=O) groups is 1. The second kappa shape index (κ2) is 13.5. The third-order valence-electron chi connectivity index (χ3n) is 4.94. The molecular formula is C25H34ClN3O4. The summed E-state index contributed by atoms with van der Waals surface area (Å²) in [5.41, 5.74) is 10.6. The lowest BCUT2D eigenvalue weighted by atomic mass is 9.94. The first-order valence-corrected chi connectivity index (χ1v) is 10.5. The highest BCUT2D eigenvalue weighted by Gasteiger charge is 2.27. The van der Waals surface area contributed by atoms with Gasteiger partial charge in [-0.05, 0) is 61.2 Å². The molecule has 1 atom stereocenters. The third kappa shape index (κ3) is 7.80. The summed E-state index contributed by atoms with van der Waals surface area (Å²) >= 11 is 0. The number of nitrogen functional groups attached to an aromatic ring is 1. The summed E-state index contributed by atoms with van der Waals surface area (Å²) in [6, 6.07) is 10.3. The Kier molecular flexibility index (Phi) is 11.5. The van der Waals surface area contributed by atoms with Crippen molar-refractivity contribution in [3.05, 3.63) is 70.8 Å². The number of hydrogen-bond acceptors (Lipinski definition) is 6. The van der Waals surface area contributed by atoms with Gasteiger partial charge in [0.1, 0.15) is 18.2 Å². The van der Waals surface area contributed by atoms with E-state index in [1.165, 1.54) is 7.11 Å². The van der Waals surface area contributed by atoms with Crippen molar-refractivity contribution in [2.24, 2.45) is 5.73 Å². The van der Waals surface area contributed by atoms with Crippen molar-refractivity contribution in [1.82, 2.24) is 0 Å². The van der Waals surface area contributed by atoms with E-state index in [1.807, 2.05) is 13.0 Å². The fourth-order valence-corrected chi connectivity index (χ4v) is 3.35. The van der Waals surface area contributed by atoms with Crippen LogP contribution in [-0.4, -0.2) is 39.2 Å². The number of nitrogens with one attached hydrogen (secondary N) is 2. The van der Waals surface area contributed by atoms with Crippen molar-refractivity contribution < 1.29 is 19.0 Å².